The summed E-state index contributed by atoms with van der Waals surface area (Å²) < 4.78 is 0. The van der Waals surface area contributed by atoms with E-state index in [1.807, 2.05) is 13.8 Å². The Kier molecular flexibility index (Phi) is 3.91. The number of amides is 2. The van der Waals surface area contributed by atoms with Gasteiger partial charge in [-0.15, -0.1) is 0 Å². The van der Waals surface area contributed by atoms with Gasteiger partial charge in [0.25, 0.3) is 0 Å². The van der Waals surface area contributed by atoms with Gasteiger partial charge in [0.2, 0.25) is 11.8 Å². The van der Waals surface area contributed by atoms with Gasteiger partial charge in [-0.3, -0.25) is 9.59 Å². The predicted molar refractivity (Wildman–Crippen MR) is 61.3 cm³/mol. The molecule has 0 bridgehead atoms. The van der Waals surface area contributed by atoms with Crippen LogP contribution in [0.4, 0.5) is 0 Å². The Morgan fingerprint density at radius 2 is 1.75 bits per heavy atom. The minimum absolute atomic E-state index is 0.00654. The van der Waals surface area contributed by atoms with Crippen LogP contribution in [0.15, 0.2) is 0 Å². The van der Waals surface area contributed by atoms with Crippen molar-refractivity contribution in [2.45, 2.75) is 26.7 Å². The van der Waals surface area contributed by atoms with Gasteiger partial charge in [0.1, 0.15) is 0 Å². The molecule has 1 fully saturated rings. The highest BCUT2D eigenvalue weighted by atomic mass is 16.1. The van der Waals surface area contributed by atoms with Crippen LogP contribution in [-0.2, 0) is 9.59 Å². The molecule has 2 amide bonds. The fourth-order valence-electron chi connectivity index (χ4n) is 2.01. The lowest BCUT2D eigenvalue weighted by Crippen LogP contribution is -2.46. The van der Waals surface area contributed by atoms with E-state index in [1.165, 1.54) is 0 Å². The molecule has 0 aromatic carbocycles. The molecule has 1 saturated heterocycles. The molecule has 0 aromatic heterocycles. The number of piperidine rings is 1. The number of carbonyl (C=O) groups excluding carboxylic acids is 2. The van der Waals surface area contributed by atoms with Crippen LogP contribution < -0.4 is 11.5 Å². The largest absolute Gasteiger partial charge is 0.369 e. The highest BCUT2D eigenvalue weighted by molar-refractivity contribution is 5.80. The fourth-order valence-corrected chi connectivity index (χ4v) is 2.01. The zero-order valence-electron chi connectivity index (χ0n) is 10.0. The van der Waals surface area contributed by atoms with Crippen LogP contribution in [0.5, 0.6) is 0 Å². The third-order valence-electron chi connectivity index (χ3n) is 3.28. The lowest BCUT2D eigenvalue weighted by molar-refractivity contribution is -0.128. The van der Waals surface area contributed by atoms with Gasteiger partial charge in [0, 0.05) is 12.5 Å². The first-order chi connectivity index (χ1) is 7.33. The molecule has 5 heteroatoms. The molecule has 1 aliphatic heterocycles. The van der Waals surface area contributed by atoms with Crippen LogP contribution in [-0.4, -0.2) is 36.3 Å². The molecular formula is C11H21N3O2. The standard InChI is InChI=1S/C11H21N3O2/c1-11(2,10(13)16)7-14-5-3-8(4-6-14)9(12)15/h8H,3-7H2,1-2H3,(H2,12,15)(H2,13,16). The summed E-state index contributed by atoms with van der Waals surface area (Å²) in [6.45, 7) is 5.95. The van der Waals surface area contributed by atoms with E-state index in [4.69, 9.17) is 11.5 Å². The van der Waals surface area contributed by atoms with Crippen molar-refractivity contribution in [2.75, 3.05) is 19.6 Å². The van der Waals surface area contributed by atoms with Crippen LogP contribution in [0.1, 0.15) is 26.7 Å². The molecule has 0 saturated carbocycles. The first-order valence-electron chi connectivity index (χ1n) is 5.64. The number of likely N-dealkylation sites (tertiary alicyclic amines) is 1. The maximum atomic E-state index is 11.2. The summed E-state index contributed by atoms with van der Waals surface area (Å²) in [6, 6.07) is 0. The van der Waals surface area contributed by atoms with Gasteiger partial charge in [-0.25, -0.2) is 0 Å². The summed E-state index contributed by atoms with van der Waals surface area (Å²) in [4.78, 5) is 24.3. The van der Waals surface area contributed by atoms with E-state index in [1.54, 1.807) is 0 Å². The molecule has 0 unspecified atom stereocenters. The summed E-state index contributed by atoms with van der Waals surface area (Å²) in [5, 5.41) is 0. The Labute approximate surface area is 96.1 Å². The van der Waals surface area contributed by atoms with Gasteiger partial charge < -0.3 is 16.4 Å². The minimum Gasteiger partial charge on any atom is -0.369 e. The van der Waals surface area contributed by atoms with E-state index in [9.17, 15) is 9.59 Å². The van der Waals surface area contributed by atoms with Crippen molar-refractivity contribution in [2.24, 2.45) is 22.8 Å². The Bertz CT molecular complexity index is 281. The third-order valence-corrected chi connectivity index (χ3v) is 3.28. The smallest absolute Gasteiger partial charge is 0.224 e. The first kappa shape index (κ1) is 13.0. The van der Waals surface area contributed by atoms with Crippen molar-refractivity contribution in [3.8, 4) is 0 Å². The van der Waals surface area contributed by atoms with Crippen molar-refractivity contribution in [1.82, 2.24) is 4.90 Å². The molecule has 4 N–H and O–H groups in total. The van der Waals surface area contributed by atoms with Crippen molar-refractivity contribution < 1.29 is 9.59 Å². The summed E-state index contributed by atoms with van der Waals surface area (Å²) in [7, 11) is 0. The number of nitrogens with zero attached hydrogens (tertiary/aromatic N) is 1. The Hall–Kier alpha value is -1.10. The Morgan fingerprint density at radius 1 is 1.25 bits per heavy atom. The van der Waals surface area contributed by atoms with Crippen molar-refractivity contribution in [1.29, 1.82) is 0 Å². The number of rotatable bonds is 4. The third kappa shape index (κ3) is 3.20. The monoisotopic (exact) mass is 227 g/mol. The number of nitrogens with two attached hydrogens (primary N) is 2. The predicted octanol–water partition coefficient (Wildman–Crippen LogP) is -0.305. The average Bonchev–Trinajstić information content (AvgIpc) is 2.17. The molecule has 0 aromatic rings. The van der Waals surface area contributed by atoms with Crippen LogP contribution in [0, 0.1) is 11.3 Å². The van der Waals surface area contributed by atoms with E-state index < -0.39 is 5.41 Å². The van der Waals surface area contributed by atoms with E-state index in [2.05, 4.69) is 4.90 Å². The van der Waals surface area contributed by atoms with Gasteiger partial charge in [-0.05, 0) is 39.8 Å². The first-order valence-corrected chi connectivity index (χ1v) is 5.64. The van der Waals surface area contributed by atoms with Gasteiger partial charge in [-0.1, -0.05) is 0 Å². The number of hydrogen-bond donors (Lipinski definition) is 2. The summed E-state index contributed by atoms with van der Waals surface area (Å²) >= 11 is 0. The normalized spacial score (nSPS) is 19.6. The molecule has 0 spiro atoms. The van der Waals surface area contributed by atoms with Crippen LogP contribution in [0.25, 0.3) is 0 Å². The van der Waals surface area contributed by atoms with E-state index in [0.29, 0.717) is 6.54 Å². The minimum atomic E-state index is -0.514. The second-order valence-corrected chi connectivity index (χ2v) is 5.20. The van der Waals surface area contributed by atoms with E-state index >= 15 is 0 Å². The molecule has 1 heterocycles. The molecule has 0 aliphatic carbocycles. The Balaban J connectivity index is 2.43. The molecular weight excluding hydrogens is 206 g/mol. The highest BCUT2D eigenvalue weighted by Crippen LogP contribution is 2.22. The van der Waals surface area contributed by atoms with Crippen LogP contribution in [0.3, 0.4) is 0 Å². The molecule has 92 valence electrons. The lowest BCUT2D eigenvalue weighted by atomic mass is 9.89. The average molecular weight is 227 g/mol. The van der Waals surface area contributed by atoms with Gasteiger partial charge in [0.05, 0.1) is 5.41 Å². The van der Waals surface area contributed by atoms with Crippen LogP contribution >= 0.6 is 0 Å². The lowest BCUT2D eigenvalue weighted by Gasteiger charge is -2.35. The topological polar surface area (TPSA) is 89.4 Å². The van der Waals surface area contributed by atoms with Crippen molar-refractivity contribution >= 4 is 11.8 Å². The maximum Gasteiger partial charge on any atom is 0.224 e. The molecule has 5 nitrogen and oxygen atoms in total. The van der Waals surface area contributed by atoms with Gasteiger partial charge >= 0.3 is 0 Å². The molecule has 0 atom stereocenters. The van der Waals surface area contributed by atoms with Gasteiger partial charge in [-0.2, -0.15) is 0 Å². The number of hydrogen-bond acceptors (Lipinski definition) is 3. The fraction of sp³-hybridized carbons (Fsp3) is 0.818. The van der Waals surface area contributed by atoms with E-state index in [-0.39, 0.29) is 17.7 Å². The number of primary amides is 2. The van der Waals surface area contributed by atoms with E-state index in [0.717, 1.165) is 25.9 Å². The molecule has 1 rings (SSSR count). The van der Waals surface area contributed by atoms with Crippen molar-refractivity contribution in [3.63, 3.8) is 0 Å². The number of carbonyl (C=O) groups is 2. The molecule has 0 radical (unpaired) electrons. The van der Waals surface area contributed by atoms with Crippen molar-refractivity contribution in [3.05, 3.63) is 0 Å². The second-order valence-electron chi connectivity index (χ2n) is 5.20. The molecule has 16 heavy (non-hydrogen) atoms. The maximum absolute atomic E-state index is 11.2. The second kappa shape index (κ2) is 4.82. The summed E-state index contributed by atoms with van der Waals surface area (Å²) in [5.41, 5.74) is 10.1. The summed E-state index contributed by atoms with van der Waals surface area (Å²) in [5.74, 6) is -0.508. The van der Waals surface area contributed by atoms with Gasteiger partial charge in [0.15, 0.2) is 0 Å². The quantitative estimate of drug-likeness (QED) is 0.690. The molecule has 1 aliphatic rings. The zero-order valence-corrected chi connectivity index (χ0v) is 10.0. The SMILES string of the molecule is CC(C)(CN1CCC(C(N)=O)CC1)C(N)=O. The zero-order chi connectivity index (χ0) is 12.3. The van der Waals surface area contributed by atoms with Crippen LogP contribution in [0.2, 0.25) is 0 Å². The summed E-state index contributed by atoms with van der Waals surface area (Å²) in [6.07, 6.45) is 1.56. The Morgan fingerprint density at radius 3 is 2.12 bits per heavy atom. The highest BCUT2D eigenvalue weighted by Gasteiger charge is 2.30.